The Morgan fingerprint density at radius 3 is 2.64 bits per heavy atom. The van der Waals surface area contributed by atoms with Crippen LogP contribution in [0.2, 0.25) is 10.0 Å². The number of rotatable bonds is 3. The number of fused-ring (bicyclic) bond motifs is 1. The fraction of sp³-hybridized carbons (Fsp3) is 0.176. The summed E-state index contributed by atoms with van der Waals surface area (Å²) in [6.07, 6.45) is 0. The molecule has 130 valence electrons. The van der Waals surface area contributed by atoms with Gasteiger partial charge in [0.25, 0.3) is 5.91 Å². The maximum Gasteiger partial charge on any atom is 0.253 e. The molecule has 25 heavy (non-hydrogen) atoms. The highest BCUT2D eigenvalue weighted by Gasteiger charge is 2.46. The lowest BCUT2D eigenvalue weighted by molar-refractivity contribution is -0.131. The molecule has 1 heterocycles. The Bertz CT molecular complexity index is 872. The summed E-state index contributed by atoms with van der Waals surface area (Å²) in [4.78, 5) is 16.3. The van der Waals surface area contributed by atoms with Gasteiger partial charge in [0.1, 0.15) is 11.7 Å². The number of hydrazine groups is 1. The molecule has 2 aromatic rings. The van der Waals surface area contributed by atoms with Gasteiger partial charge < -0.3 is 5.11 Å². The average molecular weight is 399 g/mol. The third-order valence-electron chi connectivity index (χ3n) is 3.87. The molecule has 0 spiro atoms. The molecule has 0 saturated heterocycles. The Kier molecular flexibility index (Phi) is 4.93. The molecule has 1 unspecified atom stereocenters. The zero-order valence-electron chi connectivity index (χ0n) is 13.1. The van der Waals surface area contributed by atoms with Gasteiger partial charge in [-0.05, 0) is 31.2 Å². The van der Waals surface area contributed by atoms with E-state index >= 15 is 0 Å². The van der Waals surface area contributed by atoms with Gasteiger partial charge in [-0.2, -0.15) is 0 Å². The second-order valence-electron chi connectivity index (χ2n) is 5.48. The maximum atomic E-state index is 11.9. The van der Waals surface area contributed by atoms with Crippen molar-refractivity contribution in [3.05, 3.63) is 63.6 Å². The highest BCUT2D eigenvalue weighted by atomic mass is 35.5. The van der Waals surface area contributed by atoms with Crippen molar-refractivity contribution in [2.75, 3.05) is 5.88 Å². The first-order chi connectivity index (χ1) is 11.9. The second-order valence-corrected chi connectivity index (χ2v) is 6.59. The van der Waals surface area contributed by atoms with Crippen molar-refractivity contribution < 1.29 is 9.90 Å². The summed E-state index contributed by atoms with van der Waals surface area (Å²) in [5.41, 5.74) is 2.08. The molecule has 0 radical (unpaired) electrons. The van der Waals surface area contributed by atoms with E-state index in [1.165, 1.54) is 5.01 Å². The highest BCUT2D eigenvalue weighted by molar-refractivity contribution is 6.32. The first-order valence-electron chi connectivity index (χ1n) is 7.36. The van der Waals surface area contributed by atoms with Gasteiger partial charge in [0.05, 0.1) is 5.69 Å². The molecular formula is C17H14Cl3N3O2. The number of alkyl halides is 1. The van der Waals surface area contributed by atoms with Crippen LogP contribution in [0.1, 0.15) is 18.1 Å². The van der Waals surface area contributed by atoms with Gasteiger partial charge in [-0.3, -0.25) is 10.2 Å². The molecular weight excluding hydrogens is 385 g/mol. The number of carbonyl (C=O) groups excluding carboxylic acids is 1. The van der Waals surface area contributed by atoms with Gasteiger partial charge in [0.2, 0.25) is 5.72 Å². The number of amidine groups is 1. The second kappa shape index (κ2) is 6.84. The fourth-order valence-corrected chi connectivity index (χ4v) is 3.29. The van der Waals surface area contributed by atoms with Crippen LogP contribution >= 0.6 is 34.8 Å². The van der Waals surface area contributed by atoms with Gasteiger partial charge in [-0.25, -0.2) is 10.0 Å². The number of amides is 1. The minimum atomic E-state index is -1.80. The van der Waals surface area contributed by atoms with Crippen molar-refractivity contribution in [1.29, 1.82) is 0 Å². The van der Waals surface area contributed by atoms with E-state index in [0.29, 0.717) is 32.7 Å². The summed E-state index contributed by atoms with van der Waals surface area (Å²) in [6.45, 7) is 1.66. The number of aliphatic hydroxyl groups is 1. The van der Waals surface area contributed by atoms with E-state index in [2.05, 4.69) is 10.4 Å². The summed E-state index contributed by atoms with van der Waals surface area (Å²) < 4.78 is 0. The summed E-state index contributed by atoms with van der Waals surface area (Å²) >= 11 is 18.1. The predicted molar refractivity (Wildman–Crippen MR) is 99.4 cm³/mol. The van der Waals surface area contributed by atoms with Crippen LogP contribution in [0.4, 0.5) is 5.69 Å². The van der Waals surface area contributed by atoms with Crippen molar-refractivity contribution in [3.8, 4) is 0 Å². The molecule has 3 rings (SSSR count). The Hall–Kier alpha value is -1.79. The topological polar surface area (TPSA) is 64.9 Å². The van der Waals surface area contributed by atoms with E-state index in [4.69, 9.17) is 34.8 Å². The number of halogens is 3. The van der Waals surface area contributed by atoms with Crippen molar-refractivity contribution in [1.82, 2.24) is 10.4 Å². The quantitative estimate of drug-likeness (QED) is 0.773. The monoisotopic (exact) mass is 397 g/mol. The zero-order chi connectivity index (χ0) is 18.2. The molecule has 1 aliphatic heterocycles. The molecule has 0 aromatic heterocycles. The number of nitrogens with zero attached hydrogens (tertiary/aromatic N) is 2. The van der Waals surface area contributed by atoms with Crippen LogP contribution in [-0.4, -0.2) is 27.7 Å². The molecule has 0 aliphatic carbocycles. The lowest BCUT2D eigenvalue weighted by atomic mass is 9.90. The summed E-state index contributed by atoms with van der Waals surface area (Å²) in [6, 6.07) is 11.8. The number of hydrogen-bond donors (Lipinski definition) is 2. The van der Waals surface area contributed by atoms with Crippen molar-refractivity contribution in [2.24, 2.45) is 4.99 Å². The summed E-state index contributed by atoms with van der Waals surface area (Å²) in [7, 11) is 0. The van der Waals surface area contributed by atoms with Crippen LogP contribution in [-0.2, 0) is 10.5 Å². The van der Waals surface area contributed by atoms with Crippen molar-refractivity contribution >= 4 is 52.2 Å². The van der Waals surface area contributed by atoms with E-state index in [1.807, 2.05) is 0 Å². The molecule has 5 nitrogen and oxygen atoms in total. The van der Waals surface area contributed by atoms with E-state index < -0.39 is 11.6 Å². The van der Waals surface area contributed by atoms with Crippen LogP contribution in [0.25, 0.3) is 0 Å². The van der Waals surface area contributed by atoms with Crippen LogP contribution in [0, 0.1) is 0 Å². The normalized spacial score (nSPS) is 19.2. The molecule has 0 saturated carbocycles. The zero-order valence-corrected chi connectivity index (χ0v) is 15.4. The minimum absolute atomic E-state index is 0.273. The van der Waals surface area contributed by atoms with Crippen LogP contribution in [0.5, 0.6) is 0 Å². The third kappa shape index (κ3) is 3.09. The van der Waals surface area contributed by atoms with E-state index in [1.54, 1.807) is 49.4 Å². The Balaban J connectivity index is 2.28. The lowest BCUT2D eigenvalue weighted by Gasteiger charge is -2.44. The molecule has 0 fully saturated rings. The van der Waals surface area contributed by atoms with Crippen LogP contribution < -0.4 is 5.43 Å². The highest BCUT2D eigenvalue weighted by Crippen LogP contribution is 2.44. The van der Waals surface area contributed by atoms with E-state index in [-0.39, 0.29) is 5.88 Å². The minimum Gasteiger partial charge on any atom is -0.362 e. The smallest absolute Gasteiger partial charge is 0.253 e. The van der Waals surface area contributed by atoms with Crippen molar-refractivity contribution in [3.63, 3.8) is 0 Å². The molecule has 1 aliphatic rings. The number of aliphatic imine (C=N–C) groups is 1. The molecule has 1 amide bonds. The first-order valence-corrected chi connectivity index (χ1v) is 8.65. The number of carbonyl (C=O) groups is 1. The van der Waals surface area contributed by atoms with Crippen LogP contribution in [0.3, 0.4) is 0 Å². The predicted octanol–water partition coefficient (Wildman–Crippen LogP) is 3.82. The fourth-order valence-electron chi connectivity index (χ4n) is 2.79. The first kappa shape index (κ1) is 18.0. The summed E-state index contributed by atoms with van der Waals surface area (Å²) in [5, 5.41) is 13.7. The number of benzene rings is 2. The SMILES string of the molecule is CC1=Nc2ccc(Cl)cc2C(O)(c2ccccc2Cl)N1NC(=O)CCl. The standard InChI is InChI=1S/C17H14Cl3N3O2/c1-10-21-15-7-6-11(19)8-13(15)17(25,23(10)22-16(24)9-18)12-4-2-3-5-14(12)20/h2-8,25H,9H2,1H3,(H,22,24). The Morgan fingerprint density at radius 1 is 1.24 bits per heavy atom. The molecule has 0 bridgehead atoms. The maximum absolute atomic E-state index is 11.9. The van der Waals surface area contributed by atoms with Crippen molar-refractivity contribution in [2.45, 2.75) is 12.6 Å². The van der Waals surface area contributed by atoms with Crippen LogP contribution in [0.15, 0.2) is 47.5 Å². The Labute approximate surface area is 159 Å². The van der Waals surface area contributed by atoms with Gasteiger partial charge in [-0.15, -0.1) is 11.6 Å². The lowest BCUT2D eigenvalue weighted by Crippen LogP contribution is -2.59. The molecule has 8 heteroatoms. The van der Waals surface area contributed by atoms with Gasteiger partial charge in [-0.1, -0.05) is 41.4 Å². The molecule has 2 N–H and O–H groups in total. The van der Waals surface area contributed by atoms with Gasteiger partial charge in [0.15, 0.2) is 0 Å². The summed E-state index contributed by atoms with van der Waals surface area (Å²) in [5.74, 6) is -0.395. The third-order valence-corrected chi connectivity index (χ3v) is 4.68. The number of hydrogen-bond acceptors (Lipinski definition) is 4. The van der Waals surface area contributed by atoms with Gasteiger partial charge >= 0.3 is 0 Å². The average Bonchev–Trinajstić information content (AvgIpc) is 2.59. The largest absolute Gasteiger partial charge is 0.362 e. The van der Waals surface area contributed by atoms with E-state index in [9.17, 15) is 9.90 Å². The Morgan fingerprint density at radius 2 is 1.96 bits per heavy atom. The number of nitrogens with one attached hydrogen (secondary N) is 1. The van der Waals surface area contributed by atoms with Gasteiger partial charge in [0, 0.05) is 21.2 Å². The molecule has 2 aromatic carbocycles. The van der Waals surface area contributed by atoms with E-state index in [0.717, 1.165) is 0 Å². The molecule has 1 atom stereocenters.